The lowest BCUT2D eigenvalue weighted by Gasteiger charge is -2.26. The molecule has 13 heteroatoms. The number of carbonyl (C=O) groups excluding carboxylic acids is 5. The molecule has 194 valence electrons. The zero-order valence-electron chi connectivity index (χ0n) is 20.1. The first-order chi connectivity index (χ1) is 15.7. The molecule has 13 nitrogen and oxygen atoms in total. The van der Waals surface area contributed by atoms with E-state index >= 15 is 0 Å². The van der Waals surface area contributed by atoms with Gasteiger partial charge in [0.2, 0.25) is 29.5 Å². The Morgan fingerprint density at radius 2 is 1.35 bits per heavy atom. The van der Waals surface area contributed by atoms with Gasteiger partial charge in [-0.2, -0.15) is 0 Å². The van der Waals surface area contributed by atoms with Crippen molar-refractivity contribution in [2.45, 2.75) is 84.0 Å². The van der Waals surface area contributed by atoms with Gasteiger partial charge in [0.25, 0.3) is 0 Å². The van der Waals surface area contributed by atoms with E-state index in [0.29, 0.717) is 6.42 Å². The van der Waals surface area contributed by atoms with Gasteiger partial charge in [-0.1, -0.05) is 34.1 Å². The van der Waals surface area contributed by atoms with E-state index in [9.17, 15) is 33.9 Å². The molecule has 0 aromatic rings. The van der Waals surface area contributed by atoms with E-state index < -0.39 is 72.0 Å². The molecule has 34 heavy (non-hydrogen) atoms. The summed E-state index contributed by atoms with van der Waals surface area (Å²) in [7, 11) is 0. The van der Waals surface area contributed by atoms with Crippen molar-refractivity contribution < 1.29 is 33.9 Å². The highest BCUT2D eigenvalue weighted by Crippen LogP contribution is 2.10. The number of rotatable bonds is 16. The normalized spacial score (nSPS) is 15.4. The number of nitrogens with one attached hydrogen (secondary N) is 3. The molecule has 0 aliphatic rings. The van der Waals surface area contributed by atoms with E-state index in [1.807, 2.05) is 0 Å². The van der Waals surface area contributed by atoms with Crippen molar-refractivity contribution in [3.05, 3.63) is 0 Å². The molecule has 0 aromatic carbocycles. The number of hydrogen-bond acceptors (Lipinski definition) is 7. The minimum absolute atomic E-state index is 0.0178. The molecular weight excluding hydrogens is 448 g/mol. The van der Waals surface area contributed by atoms with Gasteiger partial charge >= 0.3 is 5.97 Å². The lowest BCUT2D eigenvalue weighted by molar-refractivity contribution is -0.144. The number of carboxylic acids is 1. The fraction of sp³-hybridized carbons (Fsp3) is 0.714. The van der Waals surface area contributed by atoms with Gasteiger partial charge in [-0.3, -0.25) is 24.0 Å². The number of primary amides is 2. The summed E-state index contributed by atoms with van der Waals surface area (Å²) in [4.78, 5) is 72.0. The first-order valence-electron chi connectivity index (χ1n) is 11.2. The predicted octanol–water partition coefficient (Wildman–Crippen LogP) is -1.91. The highest BCUT2D eigenvalue weighted by molar-refractivity contribution is 5.96. The number of aliphatic carboxylic acids is 1. The molecule has 0 aromatic heterocycles. The SMILES string of the molecule is CCC(C)C(NC(=O)C(CC(N)=O)NC(=O)C(CC(C)C)NC(=O)C(N)CCC(N)=O)C(=O)O. The molecule has 0 radical (unpaired) electrons. The number of carboxylic acid groups (broad SMARTS) is 1. The third-order valence-corrected chi connectivity index (χ3v) is 5.19. The molecule has 0 aliphatic carbocycles. The molecule has 0 heterocycles. The Hall–Kier alpha value is -3.22. The average Bonchev–Trinajstić information content (AvgIpc) is 2.72. The summed E-state index contributed by atoms with van der Waals surface area (Å²) >= 11 is 0. The van der Waals surface area contributed by atoms with Crippen LogP contribution in [0.5, 0.6) is 0 Å². The Kier molecular flexibility index (Phi) is 13.4. The zero-order valence-corrected chi connectivity index (χ0v) is 20.1. The number of amides is 5. The lowest BCUT2D eigenvalue weighted by atomic mass is 9.98. The van der Waals surface area contributed by atoms with Crippen LogP contribution < -0.4 is 33.2 Å². The van der Waals surface area contributed by atoms with Crippen molar-refractivity contribution in [3.63, 3.8) is 0 Å². The molecule has 0 fully saturated rings. The molecule has 0 saturated carbocycles. The van der Waals surface area contributed by atoms with Crippen LogP contribution in [0.4, 0.5) is 0 Å². The van der Waals surface area contributed by atoms with Gasteiger partial charge in [0.15, 0.2) is 0 Å². The highest BCUT2D eigenvalue weighted by atomic mass is 16.4. The van der Waals surface area contributed by atoms with Gasteiger partial charge in [0.1, 0.15) is 18.1 Å². The Morgan fingerprint density at radius 1 is 0.824 bits per heavy atom. The van der Waals surface area contributed by atoms with Crippen LogP contribution in [0, 0.1) is 11.8 Å². The topological polar surface area (TPSA) is 237 Å². The van der Waals surface area contributed by atoms with E-state index in [1.165, 1.54) is 0 Å². The van der Waals surface area contributed by atoms with E-state index in [-0.39, 0.29) is 25.2 Å². The summed E-state index contributed by atoms with van der Waals surface area (Å²) in [5, 5.41) is 16.6. The fourth-order valence-electron chi connectivity index (χ4n) is 3.03. The molecule has 5 amide bonds. The average molecular weight is 487 g/mol. The minimum Gasteiger partial charge on any atom is -0.480 e. The summed E-state index contributed by atoms with van der Waals surface area (Å²) in [5.74, 6) is -5.62. The minimum atomic E-state index is -1.45. The summed E-state index contributed by atoms with van der Waals surface area (Å²) < 4.78 is 0. The van der Waals surface area contributed by atoms with Gasteiger partial charge in [-0.25, -0.2) is 4.79 Å². The lowest BCUT2D eigenvalue weighted by Crippen LogP contribution is -2.58. The van der Waals surface area contributed by atoms with Crippen LogP contribution in [0.15, 0.2) is 0 Å². The van der Waals surface area contributed by atoms with Gasteiger partial charge in [0, 0.05) is 6.42 Å². The molecule has 0 bridgehead atoms. The predicted molar refractivity (Wildman–Crippen MR) is 123 cm³/mol. The van der Waals surface area contributed by atoms with Gasteiger partial charge in [0.05, 0.1) is 12.5 Å². The molecule has 5 atom stereocenters. The quantitative estimate of drug-likeness (QED) is 0.129. The van der Waals surface area contributed by atoms with Crippen LogP contribution in [0.2, 0.25) is 0 Å². The van der Waals surface area contributed by atoms with Crippen molar-refractivity contribution in [1.29, 1.82) is 0 Å². The smallest absolute Gasteiger partial charge is 0.326 e. The Bertz CT molecular complexity index is 758. The Morgan fingerprint density at radius 3 is 1.79 bits per heavy atom. The largest absolute Gasteiger partial charge is 0.480 e. The maximum Gasteiger partial charge on any atom is 0.326 e. The van der Waals surface area contributed by atoms with Crippen molar-refractivity contribution >= 4 is 35.5 Å². The van der Waals surface area contributed by atoms with Crippen LogP contribution >= 0.6 is 0 Å². The standard InChI is InChI=1S/C21H38N6O7/c1-5-11(4)17(21(33)34)27-20(32)14(9-16(24)29)26-19(31)13(8-10(2)3)25-18(30)12(22)6-7-15(23)28/h10-14,17H,5-9,22H2,1-4H3,(H2,23,28)(H2,24,29)(H,25,30)(H,26,31)(H,27,32)(H,33,34). The second-order valence-corrected chi connectivity index (χ2v) is 8.74. The monoisotopic (exact) mass is 486 g/mol. The van der Waals surface area contributed by atoms with E-state index in [4.69, 9.17) is 17.2 Å². The van der Waals surface area contributed by atoms with Gasteiger partial charge in [-0.05, 0) is 24.7 Å². The maximum atomic E-state index is 12.9. The van der Waals surface area contributed by atoms with Crippen LogP contribution in [-0.4, -0.2) is 64.8 Å². The first-order valence-corrected chi connectivity index (χ1v) is 11.2. The van der Waals surface area contributed by atoms with Crippen LogP contribution in [0.1, 0.15) is 59.8 Å². The number of hydrogen-bond donors (Lipinski definition) is 7. The summed E-state index contributed by atoms with van der Waals surface area (Å²) in [5.41, 5.74) is 16.0. The number of nitrogens with two attached hydrogens (primary N) is 3. The summed E-state index contributed by atoms with van der Waals surface area (Å²) in [6.07, 6.45) is -0.0728. The Labute approximate surface area is 198 Å². The molecular formula is C21H38N6O7. The molecule has 0 aliphatic heterocycles. The third kappa shape index (κ3) is 11.6. The van der Waals surface area contributed by atoms with Crippen molar-refractivity contribution in [2.75, 3.05) is 0 Å². The highest BCUT2D eigenvalue weighted by Gasteiger charge is 2.32. The second-order valence-electron chi connectivity index (χ2n) is 8.74. The van der Waals surface area contributed by atoms with Crippen LogP contribution in [0.25, 0.3) is 0 Å². The van der Waals surface area contributed by atoms with E-state index in [0.717, 1.165) is 0 Å². The van der Waals surface area contributed by atoms with Crippen molar-refractivity contribution in [3.8, 4) is 0 Å². The van der Waals surface area contributed by atoms with E-state index in [1.54, 1.807) is 27.7 Å². The second kappa shape index (κ2) is 14.8. The number of carbonyl (C=O) groups is 6. The first kappa shape index (κ1) is 30.8. The molecule has 0 spiro atoms. The summed E-state index contributed by atoms with van der Waals surface area (Å²) in [6.45, 7) is 6.99. The molecule has 5 unspecified atom stereocenters. The van der Waals surface area contributed by atoms with Crippen molar-refractivity contribution in [1.82, 2.24) is 16.0 Å². The fourth-order valence-corrected chi connectivity index (χ4v) is 3.03. The van der Waals surface area contributed by atoms with Crippen LogP contribution in [-0.2, 0) is 28.8 Å². The Balaban J connectivity index is 5.54. The molecule has 0 rings (SSSR count). The maximum absolute atomic E-state index is 12.9. The summed E-state index contributed by atoms with van der Waals surface area (Å²) in [6, 6.07) is -4.89. The van der Waals surface area contributed by atoms with E-state index in [2.05, 4.69) is 16.0 Å². The third-order valence-electron chi connectivity index (χ3n) is 5.19. The molecule has 10 N–H and O–H groups in total. The van der Waals surface area contributed by atoms with Crippen molar-refractivity contribution in [2.24, 2.45) is 29.0 Å². The van der Waals surface area contributed by atoms with Gasteiger partial charge < -0.3 is 38.3 Å². The zero-order chi connectivity index (χ0) is 26.6. The van der Waals surface area contributed by atoms with Gasteiger partial charge in [-0.15, -0.1) is 0 Å². The van der Waals surface area contributed by atoms with Crippen LogP contribution in [0.3, 0.4) is 0 Å². The molecule has 0 saturated heterocycles.